The van der Waals surface area contributed by atoms with Crippen molar-refractivity contribution in [2.45, 2.75) is 25.3 Å². The molecule has 1 saturated heterocycles. The first kappa shape index (κ1) is 7.07. The molecular formula is C7H10N2O. The lowest BCUT2D eigenvalue weighted by Crippen LogP contribution is -2.39. The molecule has 0 aromatic rings. The van der Waals surface area contributed by atoms with Gasteiger partial charge in [-0.3, -0.25) is 4.79 Å². The van der Waals surface area contributed by atoms with Gasteiger partial charge in [-0.2, -0.15) is 5.26 Å². The van der Waals surface area contributed by atoms with Gasteiger partial charge < -0.3 is 4.90 Å². The number of nitriles is 1. The van der Waals surface area contributed by atoms with Gasteiger partial charge in [0.1, 0.15) is 6.04 Å². The summed E-state index contributed by atoms with van der Waals surface area (Å²) in [6.07, 6.45) is 2.30. The van der Waals surface area contributed by atoms with Gasteiger partial charge in [-0.15, -0.1) is 0 Å². The number of amides is 1. The minimum Gasteiger partial charge on any atom is -0.330 e. The van der Waals surface area contributed by atoms with E-state index in [1.165, 1.54) is 4.90 Å². The maximum atomic E-state index is 10.9. The van der Waals surface area contributed by atoms with Gasteiger partial charge in [0.2, 0.25) is 5.91 Å². The van der Waals surface area contributed by atoms with E-state index in [0.29, 0.717) is 6.42 Å². The molecule has 1 atom stereocenters. The Balaban J connectivity index is 2.61. The maximum absolute atomic E-state index is 10.9. The fourth-order valence-corrected chi connectivity index (χ4v) is 1.14. The Bertz CT molecular complexity index is 183. The molecule has 0 aliphatic carbocycles. The molecule has 1 heterocycles. The minimum atomic E-state index is -0.179. The zero-order valence-electron chi connectivity index (χ0n) is 6.00. The lowest BCUT2D eigenvalue weighted by atomic mass is 10.0. The second kappa shape index (κ2) is 2.70. The quantitative estimate of drug-likeness (QED) is 0.490. The Kier molecular flexibility index (Phi) is 1.91. The van der Waals surface area contributed by atoms with Gasteiger partial charge in [-0.1, -0.05) is 0 Å². The van der Waals surface area contributed by atoms with Gasteiger partial charge >= 0.3 is 0 Å². The molecule has 1 rings (SSSR count). The molecule has 1 unspecified atom stereocenters. The smallest absolute Gasteiger partial charge is 0.223 e. The molecule has 10 heavy (non-hydrogen) atoms. The standard InChI is InChI=1S/C7H10N2O/c1-9-6(5-8)3-2-4-7(9)10/h6H,2-4H2,1H3. The molecule has 1 fully saturated rings. The molecule has 0 aromatic carbocycles. The van der Waals surface area contributed by atoms with Crippen molar-refractivity contribution < 1.29 is 4.79 Å². The van der Waals surface area contributed by atoms with E-state index in [9.17, 15) is 4.79 Å². The normalized spacial score (nSPS) is 26.2. The van der Waals surface area contributed by atoms with Crippen LogP contribution in [0.5, 0.6) is 0 Å². The highest BCUT2D eigenvalue weighted by atomic mass is 16.2. The zero-order chi connectivity index (χ0) is 7.56. The average molecular weight is 138 g/mol. The molecule has 1 amide bonds. The number of carbonyl (C=O) groups excluding carboxylic acids is 1. The summed E-state index contributed by atoms with van der Waals surface area (Å²) in [6, 6.07) is 1.91. The third-order valence-electron chi connectivity index (χ3n) is 1.88. The summed E-state index contributed by atoms with van der Waals surface area (Å²) in [4.78, 5) is 12.5. The molecule has 3 nitrogen and oxygen atoms in total. The van der Waals surface area contributed by atoms with Crippen LogP contribution in [0.4, 0.5) is 0 Å². The minimum absolute atomic E-state index is 0.0952. The molecule has 1 aliphatic rings. The van der Waals surface area contributed by atoms with Crippen LogP contribution in [0.3, 0.4) is 0 Å². The molecular weight excluding hydrogens is 128 g/mol. The van der Waals surface area contributed by atoms with Crippen LogP contribution in [0, 0.1) is 11.3 Å². The van der Waals surface area contributed by atoms with Gasteiger partial charge in [0, 0.05) is 13.5 Å². The van der Waals surface area contributed by atoms with Crippen LogP contribution < -0.4 is 0 Å². The third-order valence-corrected chi connectivity index (χ3v) is 1.88. The Hall–Kier alpha value is -1.04. The highest BCUT2D eigenvalue weighted by molar-refractivity contribution is 5.77. The molecule has 3 heteroatoms. The van der Waals surface area contributed by atoms with Crippen LogP contribution in [0.25, 0.3) is 0 Å². The summed E-state index contributed by atoms with van der Waals surface area (Å²) in [5.74, 6) is 0.0952. The van der Waals surface area contributed by atoms with Gasteiger partial charge in [-0.05, 0) is 12.8 Å². The number of likely N-dealkylation sites (tertiary alicyclic amines) is 1. The first-order valence-electron chi connectivity index (χ1n) is 3.41. The van der Waals surface area contributed by atoms with E-state index in [4.69, 9.17) is 5.26 Å². The highest BCUT2D eigenvalue weighted by Gasteiger charge is 2.23. The molecule has 1 aliphatic heterocycles. The molecule has 0 N–H and O–H groups in total. The second-order valence-corrected chi connectivity index (χ2v) is 2.54. The van der Waals surface area contributed by atoms with Crippen LogP contribution in [-0.2, 0) is 4.79 Å². The topological polar surface area (TPSA) is 44.1 Å². The summed E-state index contributed by atoms with van der Waals surface area (Å²) >= 11 is 0. The second-order valence-electron chi connectivity index (χ2n) is 2.54. The predicted molar refractivity (Wildman–Crippen MR) is 36.0 cm³/mol. The fourth-order valence-electron chi connectivity index (χ4n) is 1.14. The van der Waals surface area contributed by atoms with E-state index < -0.39 is 0 Å². The number of rotatable bonds is 0. The zero-order valence-corrected chi connectivity index (χ0v) is 6.00. The molecule has 0 radical (unpaired) electrons. The van der Waals surface area contributed by atoms with Crippen LogP contribution in [0.15, 0.2) is 0 Å². The van der Waals surface area contributed by atoms with Crippen molar-refractivity contribution in [3.63, 3.8) is 0 Å². The number of hydrogen-bond acceptors (Lipinski definition) is 2. The molecule has 0 aromatic heterocycles. The molecule has 0 spiro atoms. The van der Waals surface area contributed by atoms with E-state index in [2.05, 4.69) is 6.07 Å². The van der Waals surface area contributed by atoms with Gasteiger partial charge in [0.05, 0.1) is 6.07 Å². The lowest BCUT2D eigenvalue weighted by Gasteiger charge is -2.26. The monoisotopic (exact) mass is 138 g/mol. The van der Waals surface area contributed by atoms with Gasteiger partial charge in [0.25, 0.3) is 0 Å². The third kappa shape index (κ3) is 1.10. The van der Waals surface area contributed by atoms with Crippen LogP contribution in [0.1, 0.15) is 19.3 Å². The van der Waals surface area contributed by atoms with Crippen molar-refractivity contribution in [1.29, 1.82) is 5.26 Å². The molecule has 54 valence electrons. The summed E-state index contributed by atoms with van der Waals surface area (Å²) in [6.45, 7) is 0. The first-order valence-corrected chi connectivity index (χ1v) is 3.41. The fraction of sp³-hybridized carbons (Fsp3) is 0.714. The Morgan fingerprint density at radius 2 is 2.50 bits per heavy atom. The van der Waals surface area contributed by atoms with E-state index in [-0.39, 0.29) is 11.9 Å². The Labute approximate surface area is 60.2 Å². The molecule has 0 bridgehead atoms. The number of nitrogens with zero attached hydrogens (tertiary/aromatic N) is 2. The maximum Gasteiger partial charge on any atom is 0.223 e. The SMILES string of the molecule is CN1C(=O)CCCC1C#N. The Morgan fingerprint density at radius 3 is 3.00 bits per heavy atom. The van der Waals surface area contributed by atoms with Crippen LogP contribution in [0.2, 0.25) is 0 Å². The van der Waals surface area contributed by atoms with E-state index in [1.807, 2.05) is 0 Å². The van der Waals surface area contributed by atoms with Crippen molar-refractivity contribution in [3.8, 4) is 6.07 Å². The van der Waals surface area contributed by atoms with E-state index in [1.54, 1.807) is 7.05 Å². The average Bonchev–Trinajstić information content (AvgIpc) is 1.95. The largest absolute Gasteiger partial charge is 0.330 e. The number of hydrogen-bond donors (Lipinski definition) is 0. The highest BCUT2D eigenvalue weighted by Crippen LogP contribution is 2.14. The van der Waals surface area contributed by atoms with Crippen molar-refractivity contribution in [2.75, 3.05) is 7.05 Å². The Morgan fingerprint density at radius 1 is 1.80 bits per heavy atom. The number of carbonyl (C=O) groups is 1. The van der Waals surface area contributed by atoms with Crippen LogP contribution in [-0.4, -0.2) is 23.9 Å². The summed E-state index contributed by atoms with van der Waals surface area (Å²) < 4.78 is 0. The van der Waals surface area contributed by atoms with E-state index in [0.717, 1.165) is 12.8 Å². The first-order chi connectivity index (χ1) is 4.75. The lowest BCUT2D eigenvalue weighted by molar-refractivity contribution is -0.133. The number of piperidine rings is 1. The van der Waals surface area contributed by atoms with E-state index >= 15 is 0 Å². The van der Waals surface area contributed by atoms with Crippen molar-refractivity contribution in [2.24, 2.45) is 0 Å². The van der Waals surface area contributed by atoms with Crippen molar-refractivity contribution in [1.82, 2.24) is 4.90 Å². The van der Waals surface area contributed by atoms with Gasteiger partial charge in [0.15, 0.2) is 0 Å². The molecule has 0 saturated carbocycles. The van der Waals surface area contributed by atoms with Crippen LogP contribution >= 0.6 is 0 Å². The van der Waals surface area contributed by atoms with Gasteiger partial charge in [-0.25, -0.2) is 0 Å². The van der Waals surface area contributed by atoms with Crippen molar-refractivity contribution in [3.05, 3.63) is 0 Å². The summed E-state index contributed by atoms with van der Waals surface area (Å²) in [5, 5.41) is 8.54. The summed E-state index contributed by atoms with van der Waals surface area (Å²) in [5.41, 5.74) is 0. The summed E-state index contributed by atoms with van der Waals surface area (Å²) in [7, 11) is 1.69. The predicted octanol–water partition coefficient (Wildman–Crippen LogP) is 0.521. The van der Waals surface area contributed by atoms with Crippen molar-refractivity contribution >= 4 is 5.91 Å².